The number of rotatable bonds is 4. The first-order chi connectivity index (χ1) is 9.76. The van der Waals surface area contributed by atoms with Crippen LogP contribution >= 0.6 is 11.6 Å². The molecule has 0 aliphatic rings. The van der Waals surface area contributed by atoms with E-state index in [1.165, 1.54) is 13.0 Å². The molecule has 1 aromatic heterocycles. The zero-order valence-corrected chi connectivity index (χ0v) is 12.8. The van der Waals surface area contributed by atoms with Gasteiger partial charge in [0.15, 0.2) is 0 Å². The van der Waals surface area contributed by atoms with Gasteiger partial charge in [0.05, 0.1) is 17.3 Å². The Labute approximate surface area is 126 Å². The minimum Gasteiger partial charge on any atom is -0.465 e. The highest BCUT2D eigenvalue weighted by molar-refractivity contribution is 7.92. The van der Waals surface area contributed by atoms with E-state index in [1.807, 2.05) is 0 Å². The van der Waals surface area contributed by atoms with Crippen LogP contribution in [0.4, 0.5) is 10.1 Å². The lowest BCUT2D eigenvalue weighted by molar-refractivity contribution is 0.276. The van der Waals surface area contributed by atoms with E-state index in [0.717, 1.165) is 12.1 Å². The van der Waals surface area contributed by atoms with Gasteiger partial charge in [-0.25, -0.2) is 12.8 Å². The molecule has 0 amide bonds. The lowest BCUT2D eigenvalue weighted by Crippen LogP contribution is -2.15. The summed E-state index contributed by atoms with van der Waals surface area (Å²) in [4.78, 5) is -0.164. The van der Waals surface area contributed by atoms with Gasteiger partial charge in [-0.3, -0.25) is 4.72 Å². The van der Waals surface area contributed by atoms with Gasteiger partial charge in [0.25, 0.3) is 10.0 Å². The fraction of sp³-hybridized carbons (Fsp3) is 0.231. The van der Waals surface area contributed by atoms with E-state index in [4.69, 9.17) is 16.0 Å². The molecular weight excluding hydrogens is 321 g/mol. The highest BCUT2D eigenvalue weighted by Gasteiger charge is 2.27. The van der Waals surface area contributed by atoms with E-state index in [-0.39, 0.29) is 26.9 Å². The number of furan rings is 1. The fourth-order valence-electron chi connectivity index (χ4n) is 2.02. The summed E-state index contributed by atoms with van der Waals surface area (Å²) in [6.07, 6.45) is 0. The van der Waals surface area contributed by atoms with Crippen LogP contribution in [-0.4, -0.2) is 13.5 Å². The summed E-state index contributed by atoms with van der Waals surface area (Å²) >= 11 is 5.84. The van der Waals surface area contributed by atoms with Gasteiger partial charge >= 0.3 is 0 Å². The van der Waals surface area contributed by atoms with Crippen LogP contribution in [-0.2, 0) is 16.6 Å². The van der Waals surface area contributed by atoms with Gasteiger partial charge in [0, 0.05) is 5.56 Å². The van der Waals surface area contributed by atoms with Crippen LogP contribution in [0.1, 0.15) is 17.1 Å². The number of hydrogen-bond acceptors (Lipinski definition) is 4. The smallest absolute Gasteiger partial charge is 0.265 e. The van der Waals surface area contributed by atoms with E-state index in [0.29, 0.717) is 5.76 Å². The first-order valence-electron chi connectivity index (χ1n) is 5.94. The Balaban J connectivity index is 2.51. The number of aliphatic hydroxyl groups is 1. The number of nitrogens with one attached hydrogen (secondary N) is 1. The molecule has 1 aromatic carbocycles. The number of aryl methyl sites for hydroxylation is 2. The molecule has 5 nitrogen and oxygen atoms in total. The summed E-state index contributed by atoms with van der Waals surface area (Å²) in [7, 11) is -4.06. The Bertz CT molecular complexity index is 786. The highest BCUT2D eigenvalue weighted by Crippen LogP contribution is 2.30. The van der Waals surface area contributed by atoms with Gasteiger partial charge < -0.3 is 9.52 Å². The number of halogens is 2. The third kappa shape index (κ3) is 3.04. The summed E-state index contributed by atoms with van der Waals surface area (Å²) in [5, 5.41) is 9.36. The third-order valence-corrected chi connectivity index (χ3v) is 4.81. The van der Waals surface area contributed by atoms with Crippen molar-refractivity contribution in [3.8, 4) is 0 Å². The minimum atomic E-state index is -4.06. The Morgan fingerprint density at radius 3 is 2.62 bits per heavy atom. The maximum absolute atomic E-state index is 13.2. The van der Waals surface area contributed by atoms with Crippen molar-refractivity contribution >= 4 is 27.3 Å². The lowest BCUT2D eigenvalue weighted by Gasteiger charge is -2.10. The molecule has 2 aromatic rings. The van der Waals surface area contributed by atoms with E-state index in [9.17, 15) is 17.9 Å². The van der Waals surface area contributed by atoms with Crippen LogP contribution in [0.15, 0.2) is 27.5 Å². The zero-order valence-electron chi connectivity index (χ0n) is 11.3. The molecule has 1 heterocycles. The number of anilines is 1. The van der Waals surface area contributed by atoms with Gasteiger partial charge in [0.2, 0.25) is 0 Å². The average Bonchev–Trinajstić information content (AvgIpc) is 2.68. The van der Waals surface area contributed by atoms with Gasteiger partial charge in [-0.15, -0.1) is 0 Å². The summed E-state index contributed by atoms with van der Waals surface area (Å²) in [5.41, 5.74) is 0.0753. The van der Waals surface area contributed by atoms with Gasteiger partial charge in [-0.2, -0.15) is 0 Å². The second kappa shape index (κ2) is 5.67. The number of benzene rings is 1. The first-order valence-corrected chi connectivity index (χ1v) is 7.80. The van der Waals surface area contributed by atoms with Crippen LogP contribution in [0, 0.1) is 19.7 Å². The maximum Gasteiger partial charge on any atom is 0.265 e. The van der Waals surface area contributed by atoms with Crippen LogP contribution in [0.5, 0.6) is 0 Å². The van der Waals surface area contributed by atoms with E-state index >= 15 is 0 Å². The van der Waals surface area contributed by atoms with Crippen LogP contribution in [0.25, 0.3) is 0 Å². The standard InChI is InChI=1S/C13H13ClFNO4S/c1-7-10(6-17)13(8(2)20-7)21(18,19)16-12-5-9(15)3-4-11(12)14/h3-5,16-17H,6H2,1-2H3. The van der Waals surface area contributed by atoms with Gasteiger partial charge in [0.1, 0.15) is 22.2 Å². The molecule has 0 saturated carbocycles. The van der Waals surface area contributed by atoms with Crippen molar-refractivity contribution < 1.29 is 22.3 Å². The Morgan fingerprint density at radius 2 is 2.00 bits per heavy atom. The molecule has 0 fully saturated rings. The van der Waals surface area contributed by atoms with Crippen molar-refractivity contribution in [1.82, 2.24) is 0 Å². The molecule has 0 bridgehead atoms. The quantitative estimate of drug-likeness (QED) is 0.901. The molecule has 8 heteroatoms. The van der Waals surface area contributed by atoms with Crippen molar-refractivity contribution in [2.75, 3.05) is 4.72 Å². The predicted molar refractivity (Wildman–Crippen MR) is 76.3 cm³/mol. The molecule has 0 atom stereocenters. The van der Waals surface area contributed by atoms with Crippen LogP contribution in [0.2, 0.25) is 5.02 Å². The van der Waals surface area contributed by atoms with Crippen LogP contribution < -0.4 is 4.72 Å². The molecule has 0 radical (unpaired) electrons. The topological polar surface area (TPSA) is 79.5 Å². The van der Waals surface area contributed by atoms with E-state index in [1.54, 1.807) is 6.92 Å². The van der Waals surface area contributed by atoms with Crippen molar-refractivity contribution in [2.24, 2.45) is 0 Å². The summed E-state index contributed by atoms with van der Waals surface area (Å²) in [6, 6.07) is 3.34. The summed E-state index contributed by atoms with van der Waals surface area (Å²) in [5.74, 6) is -0.183. The monoisotopic (exact) mass is 333 g/mol. The highest BCUT2D eigenvalue weighted by atomic mass is 35.5. The van der Waals surface area contributed by atoms with E-state index < -0.39 is 22.4 Å². The second-order valence-electron chi connectivity index (χ2n) is 4.41. The van der Waals surface area contributed by atoms with E-state index in [2.05, 4.69) is 4.72 Å². The number of sulfonamides is 1. The molecule has 0 spiro atoms. The van der Waals surface area contributed by atoms with Crippen LogP contribution in [0.3, 0.4) is 0 Å². The predicted octanol–water partition coefficient (Wildman–Crippen LogP) is 2.98. The molecule has 0 aliphatic heterocycles. The van der Waals surface area contributed by atoms with Crippen molar-refractivity contribution in [1.29, 1.82) is 0 Å². The zero-order chi connectivity index (χ0) is 15.8. The normalized spacial score (nSPS) is 11.7. The molecule has 0 unspecified atom stereocenters. The lowest BCUT2D eigenvalue weighted by atomic mass is 10.2. The number of aliphatic hydroxyl groups excluding tert-OH is 1. The van der Waals surface area contributed by atoms with Crippen molar-refractivity contribution in [3.63, 3.8) is 0 Å². The second-order valence-corrected chi connectivity index (χ2v) is 6.44. The summed E-state index contributed by atoms with van der Waals surface area (Å²) < 4.78 is 45.5. The van der Waals surface area contributed by atoms with Crippen molar-refractivity contribution in [2.45, 2.75) is 25.3 Å². The third-order valence-electron chi connectivity index (χ3n) is 2.92. The minimum absolute atomic E-state index is 0.0587. The molecule has 2 N–H and O–H groups in total. The summed E-state index contributed by atoms with van der Waals surface area (Å²) in [6.45, 7) is 2.52. The molecule has 0 saturated heterocycles. The molecule has 0 aliphatic carbocycles. The van der Waals surface area contributed by atoms with Gasteiger partial charge in [-0.1, -0.05) is 11.6 Å². The fourth-order valence-corrected chi connectivity index (χ4v) is 3.75. The SMILES string of the molecule is Cc1oc(C)c(S(=O)(=O)Nc2cc(F)ccc2Cl)c1CO. The number of hydrogen-bond donors (Lipinski definition) is 2. The first kappa shape index (κ1) is 15.8. The average molecular weight is 334 g/mol. The van der Waals surface area contributed by atoms with Crippen molar-refractivity contribution in [3.05, 3.63) is 46.1 Å². The molecule has 2 rings (SSSR count). The molecular formula is C13H13ClFNO4S. The maximum atomic E-state index is 13.2. The Hall–Kier alpha value is -1.57. The molecule has 114 valence electrons. The Morgan fingerprint density at radius 1 is 1.33 bits per heavy atom. The molecule has 21 heavy (non-hydrogen) atoms. The largest absolute Gasteiger partial charge is 0.465 e. The Kier molecular flexibility index (Phi) is 4.27. The van der Waals surface area contributed by atoms with Gasteiger partial charge in [-0.05, 0) is 32.0 Å².